The van der Waals surface area contributed by atoms with Gasteiger partial charge in [0.05, 0.1) is 5.52 Å². The third-order valence-electron chi connectivity index (χ3n) is 5.88. The lowest BCUT2D eigenvalue weighted by molar-refractivity contribution is 0.101. The van der Waals surface area contributed by atoms with Crippen molar-refractivity contribution >= 4 is 39.5 Å². The lowest BCUT2D eigenvalue weighted by atomic mass is 10.1. The second kappa shape index (κ2) is 7.40. The van der Waals surface area contributed by atoms with E-state index in [-0.39, 0.29) is 5.78 Å². The van der Waals surface area contributed by atoms with Crippen molar-refractivity contribution in [1.29, 1.82) is 0 Å². The molecule has 5 rings (SSSR count). The maximum atomic E-state index is 11.5. The largest absolute Gasteiger partial charge is 0.368 e. The van der Waals surface area contributed by atoms with Gasteiger partial charge in [-0.05, 0) is 44.2 Å². The number of rotatable bonds is 4. The number of aryl methyl sites for hydroxylation is 1. The van der Waals surface area contributed by atoms with Crippen LogP contribution in [0.4, 0.5) is 11.6 Å². The molecular formula is C23H24N6O. The quantitative estimate of drug-likeness (QED) is 0.488. The van der Waals surface area contributed by atoms with Gasteiger partial charge in [0, 0.05) is 49.4 Å². The second-order valence-electron chi connectivity index (χ2n) is 7.62. The molecule has 3 heterocycles. The van der Waals surface area contributed by atoms with Crippen LogP contribution in [0.1, 0.15) is 24.2 Å². The minimum Gasteiger partial charge on any atom is -0.368 e. The number of anilines is 2. The first kappa shape index (κ1) is 18.5. The van der Waals surface area contributed by atoms with Crippen LogP contribution >= 0.6 is 0 Å². The Labute approximate surface area is 174 Å². The average molecular weight is 400 g/mol. The van der Waals surface area contributed by atoms with Gasteiger partial charge in [0.1, 0.15) is 5.52 Å². The van der Waals surface area contributed by atoms with Crippen LogP contribution in [-0.4, -0.2) is 51.7 Å². The highest BCUT2D eigenvalue weighted by molar-refractivity contribution is 6.04. The summed E-state index contributed by atoms with van der Waals surface area (Å²) < 4.78 is 2.20. The molecule has 0 amide bonds. The summed E-state index contributed by atoms with van der Waals surface area (Å²) in [5, 5.41) is 10.1. The molecule has 1 fully saturated rings. The number of hydrogen-bond donors (Lipinski definition) is 0. The first-order chi connectivity index (χ1) is 14.7. The SMILES string of the molecule is CCn1c2ccccc2c2nnc(N3CCN(c4ccc(C(C)=O)cc4)CC3)nc21. The van der Waals surface area contributed by atoms with Crippen LogP contribution in [0.5, 0.6) is 0 Å². The van der Waals surface area contributed by atoms with Crippen molar-refractivity contribution < 1.29 is 4.79 Å². The zero-order valence-corrected chi connectivity index (χ0v) is 17.2. The summed E-state index contributed by atoms with van der Waals surface area (Å²) in [6, 6.07) is 16.1. The Morgan fingerprint density at radius 1 is 0.933 bits per heavy atom. The molecule has 4 aromatic rings. The predicted octanol–water partition coefficient (Wildman–Crippen LogP) is 3.53. The number of carbonyl (C=O) groups excluding carboxylic acids is 1. The third kappa shape index (κ3) is 3.07. The maximum Gasteiger partial charge on any atom is 0.247 e. The lowest BCUT2D eigenvalue weighted by Crippen LogP contribution is -2.47. The van der Waals surface area contributed by atoms with Gasteiger partial charge in [-0.3, -0.25) is 4.79 Å². The minimum atomic E-state index is 0.0934. The second-order valence-corrected chi connectivity index (χ2v) is 7.62. The van der Waals surface area contributed by atoms with E-state index >= 15 is 0 Å². The molecule has 0 unspecified atom stereocenters. The molecule has 30 heavy (non-hydrogen) atoms. The molecule has 0 N–H and O–H groups in total. The molecule has 1 aliphatic rings. The Morgan fingerprint density at radius 3 is 2.33 bits per heavy atom. The molecule has 7 nitrogen and oxygen atoms in total. The van der Waals surface area contributed by atoms with Crippen LogP contribution in [0.25, 0.3) is 22.1 Å². The Balaban J connectivity index is 1.38. The van der Waals surface area contributed by atoms with Gasteiger partial charge >= 0.3 is 0 Å². The van der Waals surface area contributed by atoms with Crippen LogP contribution in [0, 0.1) is 0 Å². The highest BCUT2D eigenvalue weighted by Crippen LogP contribution is 2.27. The number of nitrogens with zero attached hydrogens (tertiary/aromatic N) is 6. The van der Waals surface area contributed by atoms with Crippen molar-refractivity contribution in [3.63, 3.8) is 0 Å². The number of fused-ring (bicyclic) bond motifs is 3. The number of benzene rings is 2. The Bertz CT molecular complexity index is 1220. The van der Waals surface area contributed by atoms with Gasteiger partial charge in [-0.15, -0.1) is 10.2 Å². The predicted molar refractivity (Wildman–Crippen MR) is 119 cm³/mol. The summed E-state index contributed by atoms with van der Waals surface area (Å²) in [5.74, 6) is 0.780. The molecule has 2 aromatic heterocycles. The highest BCUT2D eigenvalue weighted by Gasteiger charge is 2.21. The van der Waals surface area contributed by atoms with Crippen molar-refractivity contribution in [3.8, 4) is 0 Å². The van der Waals surface area contributed by atoms with E-state index in [1.165, 1.54) is 0 Å². The Morgan fingerprint density at radius 2 is 1.63 bits per heavy atom. The number of piperazine rings is 1. The van der Waals surface area contributed by atoms with Gasteiger partial charge in [0.25, 0.3) is 0 Å². The number of Topliss-reactive ketones (excluding diaryl/α,β-unsaturated/α-hetero) is 1. The number of para-hydroxylation sites is 1. The number of aromatic nitrogens is 4. The minimum absolute atomic E-state index is 0.0934. The first-order valence-corrected chi connectivity index (χ1v) is 10.4. The van der Waals surface area contributed by atoms with E-state index in [4.69, 9.17) is 4.98 Å². The van der Waals surface area contributed by atoms with E-state index in [9.17, 15) is 4.79 Å². The van der Waals surface area contributed by atoms with E-state index in [0.717, 1.165) is 66.0 Å². The normalized spacial score (nSPS) is 14.6. The molecule has 2 aromatic carbocycles. The summed E-state index contributed by atoms with van der Waals surface area (Å²) >= 11 is 0. The van der Waals surface area contributed by atoms with Gasteiger partial charge in [-0.1, -0.05) is 18.2 Å². The van der Waals surface area contributed by atoms with E-state index < -0.39 is 0 Å². The Hall–Kier alpha value is -3.48. The molecule has 7 heteroatoms. The van der Waals surface area contributed by atoms with Crippen molar-refractivity contribution in [3.05, 3.63) is 54.1 Å². The van der Waals surface area contributed by atoms with Crippen LogP contribution in [0.2, 0.25) is 0 Å². The fourth-order valence-corrected chi connectivity index (χ4v) is 4.22. The average Bonchev–Trinajstić information content (AvgIpc) is 3.12. The van der Waals surface area contributed by atoms with Crippen LogP contribution in [-0.2, 0) is 6.54 Å². The van der Waals surface area contributed by atoms with E-state index in [1.807, 2.05) is 36.4 Å². The van der Waals surface area contributed by atoms with Gasteiger partial charge < -0.3 is 14.4 Å². The van der Waals surface area contributed by atoms with Crippen LogP contribution < -0.4 is 9.80 Å². The van der Waals surface area contributed by atoms with Gasteiger partial charge in [0.2, 0.25) is 5.95 Å². The van der Waals surface area contributed by atoms with Gasteiger partial charge in [0.15, 0.2) is 11.4 Å². The number of hydrogen-bond acceptors (Lipinski definition) is 6. The molecule has 0 atom stereocenters. The van der Waals surface area contributed by atoms with Crippen molar-refractivity contribution in [2.75, 3.05) is 36.0 Å². The summed E-state index contributed by atoms with van der Waals surface area (Å²) in [4.78, 5) is 20.9. The fraction of sp³-hybridized carbons (Fsp3) is 0.304. The van der Waals surface area contributed by atoms with Crippen molar-refractivity contribution in [1.82, 2.24) is 19.7 Å². The molecule has 0 aliphatic carbocycles. The van der Waals surface area contributed by atoms with E-state index in [2.05, 4.69) is 43.6 Å². The van der Waals surface area contributed by atoms with Crippen molar-refractivity contribution in [2.24, 2.45) is 0 Å². The zero-order chi connectivity index (χ0) is 20.7. The van der Waals surface area contributed by atoms with Crippen LogP contribution in [0.15, 0.2) is 48.5 Å². The lowest BCUT2D eigenvalue weighted by Gasteiger charge is -2.35. The molecular weight excluding hydrogens is 376 g/mol. The maximum absolute atomic E-state index is 11.5. The van der Waals surface area contributed by atoms with Crippen molar-refractivity contribution in [2.45, 2.75) is 20.4 Å². The molecule has 0 spiro atoms. The standard InChI is InChI=1S/C23H24N6O/c1-3-29-20-7-5-4-6-19(20)21-22(29)24-23(26-25-21)28-14-12-27(13-15-28)18-10-8-17(9-11-18)16(2)30/h4-11H,3,12-15H2,1-2H3. The zero-order valence-electron chi connectivity index (χ0n) is 17.2. The third-order valence-corrected chi connectivity index (χ3v) is 5.88. The topological polar surface area (TPSA) is 67.2 Å². The van der Waals surface area contributed by atoms with Gasteiger partial charge in [-0.2, -0.15) is 4.98 Å². The first-order valence-electron chi connectivity index (χ1n) is 10.4. The highest BCUT2D eigenvalue weighted by atomic mass is 16.1. The summed E-state index contributed by atoms with van der Waals surface area (Å²) in [7, 11) is 0. The van der Waals surface area contributed by atoms with Gasteiger partial charge in [-0.25, -0.2) is 0 Å². The molecule has 1 aliphatic heterocycles. The van der Waals surface area contributed by atoms with E-state index in [1.54, 1.807) is 6.92 Å². The molecule has 1 saturated heterocycles. The summed E-state index contributed by atoms with van der Waals surface area (Å²) in [6.45, 7) is 7.96. The van der Waals surface area contributed by atoms with Crippen LogP contribution in [0.3, 0.4) is 0 Å². The molecule has 0 bridgehead atoms. The van der Waals surface area contributed by atoms with E-state index in [0.29, 0.717) is 5.95 Å². The molecule has 152 valence electrons. The fourth-order valence-electron chi connectivity index (χ4n) is 4.22. The monoisotopic (exact) mass is 400 g/mol. The Kier molecular flexibility index (Phi) is 4.58. The number of ketones is 1. The summed E-state index contributed by atoms with van der Waals surface area (Å²) in [5.41, 5.74) is 4.79. The summed E-state index contributed by atoms with van der Waals surface area (Å²) in [6.07, 6.45) is 0. The smallest absolute Gasteiger partial charge is 0.247 e. The number of carbonyl (C=O) groups is 1. The molecule has 0 radical (unpaired) electrons. The molecule has 0 saturated carbocycles.